The number of nitrogens with one attached hydrogen (secondary N) is 2. The average molecular weight is 288 g/mol. The van der Waals surface area contributed by atoms with Crippen LogP contribution in [0, 0.1) is 10.1 Å². The van der Waals surface area contributed by atoms with E-state index >= 15 is 0 Å². The number of halogens is 1. The van der Waals surface area contributed by atoms with Gasteiger partial charge in [-0.15, -0.1) is 12.4 Å². The second kappa shape index (κ2) is 6.35. The van der Waals surface area contributed by atoms with Crippen LogP contribution in [0.4, 0.5) is 11.4 Å². The molecule has 0 aromatic heterocycles. The minimum absolute atomic E-state index is 0. The molecule has 19 heavy (non-hydrogen) atoms. The number of carbonyl (C=O) groups excluding carboxylic acids is 1. The van der Waals surface area contributed by atoms with E-state index in [0.29, 0.717) is 0 Å². The number of phenolic OH excluding ortho intramolecular Hbond substituents is 1. The summed E-state index contributed by atoms with van der Waals surface area (Å²) in [6, 6.07) is 3.21. The van der Waals surface area contributed by atoms with Gasteiger partial charge < -0.3 is 15.7 Å². The Balaban J connectivity index is 0.00000180. The van der Waals surface area contributed by atoms with E-state index in [9.17, 15) is 20.0 Å². The number of nitro benzene ring substituents is 1. The molecule has 0 aliphatic carbocycles. The first kappa shape index (κ1) is 15.2. The molecule has 0 radical (unpaired) electrons. The van der Waals surface area contributed by atoms with Crippen molar-refractivity contribution >= 4 is 29.7 Å². The van der Waals surface area contributed by atoms with Crippen LogP contribution in [0.25, 0.3) is 0 Å². The molecule has 1 aliphatic rings. The zero-order chi connectivity index (χ0) is 13.1. The molecule has 1 atom stereocenters. The first-order valence-corrected chi connectivity index (χ1v) is 5.59. The third kappa shape index (κ3) is 3.55. The highest BCUT2D eigenvalue weighted by Crippen LogP contribution is 2.28. The number of amides is 1. The number of hydrogen-bond acceptors (Lipinski definition) is 5. The van der Waals surface area contributed by atoms with Crippen LogP contribution in [0.1, 0.15) is 12.8 Å². The summed E-state index contributed by atoms with van der Waals surface area (Å²) in [5, 5.41) is 25.7. The highest BCUT2D eigenvalue weighted by atomic mass is 35.5. The van der Waals surface area contributed by atoms with E-state index in [4.69, 9.17) is 0 Å². The van der Waals surface area contributed by atoms with Gasteiger partial charge in [-0.2, -0.15) is 0 Å². The summed E-state index contributed by atoms with van der Waals surface area (Å²) in [7, 11) is 0. The average Bonchev–Trinajstić information content (AvgIpc) is 2.85. The minimum atomic E-state index is -0.580. The van der Waals surface area contributed by atoms with Gasteiger partial charge in [-0.25, -0.2) is 0 Å². The standard InChI is InChI=1S/C11H13N3O4.ClH/c15-10-4-3-7(14(17)18)6-9(10)13-11(16)8-2-1-5-12-8;/h3-4,6,8,12,15H,1-2,5H2,(H,13,16);1H/t8-;/m0./s1. The van der Waals surface area contributed by atoms with Gasteiger partial charge in [0.1, 0.15) is 5.75 Å². The van der Waals surface area contributed by atoms with E-state index in [1.807, 2.05) is 0 Å². The van der Waals surface area contributed by atoms with Crippen LogP contribution in [0.5, 0.6) is 5.75 Å². The lowest BCUT2D eigenvalue weighted by molar-refractivity contribution is -0.384. The van der Waals surface area contributed by atoms with E-state index in [1.165, 1.54) is 12.1 Å². The Labute approximate surface area is 115 Å². The fourth-order valence-corrected chi connectivity index (χ4v) is 1.87. The number of hydrogen-bond donors (Lipinski definition) is 3. The molecule has 7 nitrogen and oxygen atoms in total. The van der Waals surface area contributed by atoms with Crippen LogP contribution < -0.4 is 10.6 Å². The van der Waals surface area contributed by atoms with Crippen molar-refractivity contribution in [3.63, 3.8) is 0 Å². The Morgan fingerprint density at radius 2 is 2.26 bits per heavy atom. The maximum Gasteiger partial charge on any atom is 0.271 e. The summed E-state index contributed by atoms with van der Waals surface area (Å²) in [5.74, 6) is -0.477. The van der Waals surface area contributed by atoms with Crippen molar-refractivity contribution in [2.75, 3.05) is 11.9 Å². The van der Waals surface area contributed by atoms with E-state index in [1.54, 1.807) is 0 Å². The van der Waals surface area contributed by atoms with Crippen LogP contribution in [0.2, 0.25) is 0 Å². The Morgan fingerprint density at radius 3 is 2.84 bits per heavy atom. The number of nitrogens with zero attached hydrogens (tertiary/aromatic N) is 1. The van der Waals surface area contributed by atoms with Gasteiger partial charge in [-0.1, -0.05) is 0 Å². The normalized spacial score (nSPS) is 17.6. The van der Waals surface area contributed by atoms with E-state index in [-0.39, 0.29) is 41.5 Å². The molecule has 0 saturated carbocycles. The van der Waals surface area contributed by atoms with Crippen LogP contribution in [0.15, 0.2) is 18.2 Å². The largest absolute Gasteiger partial charge is 0.506 e. The fraction of sp³-hybridized carbons (Fsp3) is 0.364. The number of anilines is 1. The second-order valence-corrected chi connectivity index (χ2v) is 4.10. The van der Waals surface area contributed by atoms with Crippen molar-refractivity contribution in [2.45, 2.75) is 18.9 Å². The fourth-order valence-electron chi connectivity index (χ4n) is 1.87. The van der Waals surface area contributed by atoms with Gasteiger partial charge in [-0.05, 0) is 25.5 Å². The molecule has 1 heterocycles. The van der Waals surface area contributed by atoms with Gasteiger partial charge in [0.2, 0.25) is 5.91 Å². The monoisotopic (exact) mass is 287 g/mol. The topological polar surface area (TPSA) is 104 Å². The van der Waals surface area contributed by atoms with E-state index in [2.05, 4.69) is 10.6 Å². The van der Waals surface area contributed by atoms with Gasteiger partial charge >= 0.3 is 0 Å². The molecular formula is C11H14ClN3O4. The molecule has 1 saturated heterocycles. The summed E-state index contributed by atoms with van der Waals surface area (Å²) >= 11 is 0. The lowest BCUT2D eigenvalue weighted by atomic mass is 10.2. The summed E-state index contributed by atoms with van der Waals surface area (Å²) in [5.41, 5.74) is -0.120. The van der Waals surface area contributed by atoms with Gasteiger partial charge in [0.25, 0.3) is 5.69 Å². The minimum Gasteiger partial charge on any atom is -0.506 e. The van der Waals surface area contributed by atoms with Gasteiger partial charge in [0, 0.05) is 12.1 Å². The predicted molar refractivity (Wildman–Crippen MR) is 71.7 cm³/mol. The number of non-ortho nitro benzene ring substituents is 1. The number of nitro groups is 1. The van der Waals surface area contributed by atoms with Gasteiger partial charge in [0.15, 0.2) is 0 Å². The molecule has 0 spiro atoms. The highest BCUT2D eigenvalue weighted by molar-refractivity contribution is 5.96. The quantitative estimate of drug-likeness (QED) is 0.443. The molecule has 2 rings (SSSR count). The lowest BCUT2D eigenvalue weighted by Gasteiger charge is -2.11. The van der Waals surface area contributed by atoms with Crippen LogP contribution in [-0.2, 0) is 4.79 Å². The first-order valence-electron chi connectivity index (χ1n) is 5.59. The molecule has 0 unspecified atom stereocenters. The van der Waals surface area contributed by atoms with Crippen molar-refractivity contribution < 1.29 is 14.8 Å². The number of phenols is 1. The van der Waals surface area contributed by atoms with Crippen molar-refractivity contribution in [1.29, 1.82) is 0 Å². The van der Waals surface area contributed by atoms with Crippen LogP contribution in [0.3, 0.4) is 0 Å². The van der Waals surface area contributed by atoms with Crippen LogP contribution in [-0.4, -0.2) is 28.5 Å². The van der Waals surface area contributed by atoms with E-state index in [0.717, 1.165) is 25.5 Å². The molecule has 3 N–H and O–H groups in total. The van der Waals surface area contributed by atoms with Gasteiger partial charge in [-0.3, -0.25) is 14.9 Å². The van der Waals surface area contributed by atoms with E-state index < -0.39 is 4.92 Å². The Morgan fingerprint density at radius 1 is 1.53 bits per heavy atom. The molecule has 1 fully saturated rings. The zero-order valence-corrected chi connectivity index (χ0v) is 10.8. The SMILES string of the molecule is Cl.O=C(Nc1cc([N+](=O)[O-])ccc1O)[C@@H]1CCCN1. The number of rotatable bonds is 3. The summed E-state index contributed by atoms with van der Waals surface area (Å²) < 4.78 is 0. The highest BCUT2D eigenvalue weighted by Gasteiger charge is 2.23. The summed E-state index contributed by atoms with van der Waals surface area (Å²) in [4.78, 5) is 21.8. The second-order valence-electron chi connectivity index (χ2n) is 4.10. The summed E-state index contributed by atoms with van der Waals surface area (Å²) in [6.07, 6.45) is 1.64. The first-order chi connectivity index (χ1) is 8.58. The van der Waals surface area contributed by atoms with Crippen molar-refractivity contribution in [1.82, 2.24) is 5.32 Å². The molecule has 1 aromatic rings. The Kier molecular flexibility index (Phi) is 5.08. The predicted octanol–water partition coefficient (Wildman–Crippen LogP) is 1.41. The zero-order valence-electron chi connectivity index (χ0n) is 9.96. The van der Waals surface area contributed by atoms with Gasteiger partial charge in [0.05, 0.1) is 16.7 Å². The molecule has 104 valence electrons. The lowest BCUT2D eigenvalue weighted by Crippen LogP contribution is -2.35. The van der Waals surface area contributed by atoms with Crippen molar-refractivity contribution in [2.24, 2.45) is 0 Å². The molecule has 1 amide bonds. The Hall–Kier alpha value is -1.86. The van der Waals surface area contributed by atoms with Crippen LogP contribution >= 0.6 is 12.4 Å². The third-order valence-corrected chi connectivity index (χ3v) is 2.83. The maximum atomic E-state index is 11.8. The molecule has 1 aliphatic heterocycles. The number of carbonyl (C=O) groups is 1. The number of benzene rings is 1. The molecule has 1 aromatic carbocycles. The van der Waals surface area contributed by atoms with Crippen molar-refractivity contribution in [3.05, 3.63) is 28.3 Å². The number of aromatic hydroxyl groups is 1. The maximum absolute atomic E-state index is 11.8. The third-order valence-electron chi connectivity index (χ3n) is 2.83. The molecule has 8 heteroatoms. The molecule has 0 bridgehead atoms. The smallest absolute Gasteiger partial charge is 0.271 e. The van der Waals surface area contributed by atoms with Crippen molar-refractivity contribution in [3.8, 4) is 5.75 Å². The Bertz CT molecular complexity index is 489. The summed E-state index contributed by atoms with van der Waals surface area (Å²) in [6.45, 7) is 0.777. The molecular weight excluding hydrogens is 274 g/mol.